The third kappa shape index (κ3) is 7.88. The lowest BCUT2D eigenvalue weighted by Crippen LogP contribution is -2.44. The fraction of sp³-hybridized carbons (Fsp3) is 0.824. The highest BCUT2D eigenvalue weighted by Gasteiger charge is 2.36. The Bertz CT molecular complexity index is 292. The third-order valence-electron chi connectivity index (χ3n) is 3.38. The molecular formula is C17H34O2Si. The van der Waals surface area contributed by atoms with Crippen molar-refractivity contribution in [2.45, 2.75) is 66.6 Å². The lowest BCUT2D eigenvalue weighted by molar-refractivity contribution is -0.137. The Kier molecular flexibility index (Phi) is 8.41. The molecule has 0 radical (unpaired) electrons. The van der Waals surface area contributed by atoms with Gasteiger partial charge in [0.1, 0.15) is 0 Å². The van der Waals surface area contributed by atoms with Crippen molar-refractivity contribution < 1.29 is 9.53 Å². The standard InChI is InChI=1S/C17H34O2Si/c1-13(2)9-20(10-14(3)4,11-15(5)6)12-19-17(18)16(7)8/h13-15H,7,9-12H2,1-6,8H3. The molecule has 0 rings (SSSR count). The van der Waals surface area contributed by atoms with E-state index in [4.69, 9.17) is 4.74 Å². The van der Waals surface area contributed by atoms with Gasteiger partial charge < -0.3 is 4.74 Å². The SMILES string of the molecule is C=C(C)C(=O)OC[Si](CC(C)C)(CC(C)C)CC(C)C. The van der Waals surface area contributed by atoms with E-state index in [1.54, 1.807) is 6.92 Å². The molecule has 0 aromatic rings. The monoisotopic (exact) mass is 298 g/mol. The summed E-state index contributed by atoms with van der Waals surface area (Å²) in [4.78, 5) is 11.7. The fourth-order valence-electron chi connectivity index (χ4n) is 3.37. The molecule has 0 aromatic heterocycles. The first kappa shape index (κ1) is 19.4. The van der Waals surface area contributed by atoms with Gasteiger partial charge >= 0.3 is 5.97 Å². The van der Waals surface area contributed by atoms with Gasteiger partial charge in [0.25, 0.3) is 0 Å². The van der Waals surface area contributed by atoms with Crippen LogP contribution in [0, 0.1) is 17.8 Å². The molecule has 0 bridgehead atoms. The molecular weight excluding hydrogens is 264 g/mol. The van der Waals surface area contributed by atoms with E-state index >= 15 is 0 Å². The van der Waals surface area contributed by atoms with E-state index in [1.807, 2.05) is 0 Å². The second kappa shape index (κ2) is 8.66. The predicted molar refractivity (Wildman–Crippen MR) is 90.5 cm³/mol. The van der Waals surface area contributed by atoms with Crippen molar-refractivity contribution in [3.8, 4) is 0 Å². The summed E-state index contributed by atoms with van der Waals surface area (Å²) in [7, 11) is -1.58. The Hall–Kier alpha value is -0.573. The van der Waals surface area contributed by atoms with Crippen LogP contribution in [0.3, 0.4) is 0 Å². The zero-order valence-electron chi connectivity index (χ0n) is 14.6. The Balaban J connectivity index is 5.04. The van der Waals surface area contributed by atoms with E-state index in [0.717, 1.165) is 0 Å². The molecule has 0 spiro atoms. The first-order chi connectivity index (χ1) is 9.08. The van der Waals surface area contributed by atoms with Crippen molar-refractivity contribution >= 4 is 14.0 Å². The molecule has 0 unspecified atom stereocenters. The van der Waals surface area contributed by atoms with Gasteiger partial charge in [-0.05, 0) is 24.7 Å². The van der Waals surface area contributed by atoms with E-state index < -0.39 is 8.07 Å². The molecule has 0 heterocycles. The van der Waals surface area contributed by atoms with Crippen molar-refractivity contribution in [2.24, 2.45) is 17.8 Å². The minimum absolute atomic E-state index is 0.224. The van der Waals surface area contributed by atoms with Gasteiger partial charge in [0, 0.05) is 5.57 Å². The number of carbonyl (C=O) groups excluding carboxylic acids is 1. The van der Waals surface area contributed by atoms with Crippen molar-refractivity contribution in [3.05, 3.63) is 12.2 Å². The first-order valence-electron chi connectivity index (χ1n) is 7.90. The molecule has 3 heteroatoms. The highest BCUT2D eigenvalue weighted by atomic mass is 28.3. The molecule has 0 aromatic carbocycles. The van der Waals surface area contributed by atoms with Crippen LogP contribution >= 0.6 is 0 Å². The number of carbonyl (C=O) groups is 1. The second-order valence-electron chi connectivity index (χ2n) is 7.65. The minimum atomic E-state index is -1.58. The molecule has 2 nitrogen and oxygen atoms in total. The lowest BCUT2D eigenvalue weighted by Gasteiger charge is -2.35. The minimum Gasteiger partial charge on any atom is -0.466 e. The molecule has 0 aliphatic heterocycles. The van der Waals surface area contributed by atoms with Crippen LogP contribution in [0.2, 0.25) is 18.1 Å². The smallest absolute Gasteiger partial charge is 0.332 e. The van der Waals surface area contributed by atoms with Gasteiger partial charge in [-0.2, -0.15) is 0 Å². The van der Waals surface area contributed by atoms with Gasteiger partial charge in [-0.25, -0.2) is 4.79 Å². The van der Waals surface area contributed by atoms with E-state index in [1.165, 1.54) is 18.1 Å². The van der Waals surface area contributed by atoms with Crippen LogP contribution < -0.4 is 0 Å². The van der Waals surface area contributed by atoms with Crippen molar-refractivity contribution in [1.29, 1.82) is 0 Å². The van der Waals surface area contributed by atoms with Gasteiger partial charge in [-0.15, -0.1) is 0 Å². The maximum atomic E-state index is 11.7. The van der Waals surface area contributed by atoms with Crippen molar-refractivity contribution in [2.75, 3.05) is 6.23 Å². The molecule has 0 aliphatic carbocycles. The van der Waals surface area contributed by atoms with Crippen LogP contribution in [0.15, 0.2) is 12.2 Å². The summed E-state index contributed by atoms with van der Waals surface area (Å²) in [5.74, 6) is 1.78. The molecule has 0 aliphatic rings. The number of hydrogen-bond acceptors (Lipinski definition) is 2. The lowest BCUT2D eigenvalue weighted by atomic mass is 10.2. The maximum Gasteiger partial charge on any atom is 0.332 e. The van der Waals surface area contributed by atoms with Gasteiger partial charge in [-0.1, -0.05) is 66.3 Å². The second-order valence-corrected chi connectivity index (χ2v) is 12.2. The van der Waals surface area contributed by atoms with Crippen LogP contribution in [-0.4, -0.2) is 20.3 Å². The number of ether oxygens (including phenoxy) is 1. The summed E-state index contributed by atoms with van der Waals surface area (Å²) >= 11 is 0. The summed E-state index contributed by atoms with van der Waals surface area (Å²) in [6, 6.07) is 3.73. The average molecular weight is 299 g/mol. The summed E-state index contributed by atoms with van der Waals surface area (Å²) in [5, 5.41) is 0. The highest BCUT2D eigenvalue weighted by molar-refractivity contribution is 6.80. The highest BCUT2D eigenvalue weighted by Crippen LogP contribution is 2.32. The van der Waals surface area contributed by atoms with E-state index in [-0.39, 0.29) is 5.97 Å². The number of rotatable bonds is 9. The van der Waals surface area contributed by atoms with E-state index in [9.17, 15) is 4.79 Å². The van der Waals surface area contributed by atoms with Gasteiger partial charge in [0.2, 0.25) is 0 Å². The zero-order valence-corrected chi connectivity index (χ0v) is 15.6. The topological polar surface area (TPSA) is 26.3 Å². The van der Waals surface area contributed by atoms with E-state index in [0.29, 0.717) is 29.6 Å². The van der Waals surface area contributed by atoms with Gasteiger partial charge in [0.05, 0.1) is 14.3 Å². The molecule has 0 atom stereocenters. The van der Waals surface area contributed by atoms with Crippen LogP contribution in [0.25, 0.3) is 0 Å². The van der Waals surface area contributed by atoms with Crippen LogP contribution in [0.5, 0.6) is 0 Å². The largest absolute Gasteiger partial charge is 0.466 e. The quantitative estimate of drug-likeness (QED) is 0.338. The first-order valence-corrected chi connectivity index (χ1v) is 10.7. The van der Waals surface area contributed by atoms with Crippen LogP contribution in [0.1, 0.15) is 48.5 Å². The Morgan fingerprint density at radius 1 is 0.950 bits per heavy atom. The van der Waals surface area contributed by atoms with Crippen LogP contribution in [-0.2, 0) is 9.53 Å². The predicted octanol–water partition coefficient (Wildman–Crippen LogP) is 5.06. The molecule has 0 amide bonds. The molecule has 20 heavy (non-hydrogen) atoms. The fourth-order valence-corrected chi connectivity index (χ4v) is 9.85. The molecule has 0 saturated carbocycles. The van der Waals surface area contributed by atoms with Crippen LogP contribution in [0.4, 0.5) is 0 Å². The van der Waals surface area contributed by atoms with Crippen molar-refractivity contribution in [1.82, 2.24) is 0 Å². The Morgan fingerprint density at radius 3 is 1.55 bits per heavy atom. The molecule has 118 valence electrons. The summed E-state index contributed by atoms with van der Waals surface area (Å²) in [5.41, 5.74) is 0.506. The molecule has 0 saturated heterocycles. The third-order valence-corrected chi connectivity index (χ3v) is 9.19. The Labute approximate surface area is 127 Å². The summed E-state index contributed by atoms with van der Waals surface area (Å²) < 4.78 is 5.59. The number of esters is 1. The average Bonchev–Trinajstić information content (AvgIpc) is 2.22. The number of hydrogen-bond donors (Lipinski definition) is 0. The summed E-state index contributed by atoms with van der Waals surface area (Å²) in [6.45, 7) is 19.1. The maximum absolute atomic E-state index is 11.7. The normalized spacial score (nSPS) is 12.3. The molecule has 0 N–H and O–H groups in total. The van der Waals surface area contributed by atoms with Crippen molar-refractivity contribution in [3.63, 3.8) is 0 Å². The molecule has 0 fully saturated rings. The Morgan fingerprint density at radius 2 is 1.30 bits per heavy atom. The van der Waals surface area contributed by atoms with E-state index in [2.05, 4.69) is 48.1 Å². The van der Waals surface area contributed by atoms with Gasteiger partial charge in [0.15, 0.2) is 0 Å². The zero-order chi connectivity index (χ0) is 15.9. The summed E-state index contributed by atoms with van der Waals surface area (Å²) in [6.07, 6.45) is 0.660. The van der Waals surface area contributed by atoms with Gasteiger partial charge in [-0.3, -0.25) is 0 Å².